The summed E-state index contributed by atoms with van der Waals surface area (Å²) in [5.41, 5.74) is 8.88. The predicted molar refractivity (Wildman–Crippen MR) is 107 cm³/mol. The minimum Gasteiger partial charge on any atom is -0.314 e. The first-order chi connectivity index (χ1) is 11.9. The maximum Gasteiger partial charge on any atom is 0.0905 e. The van der Waals surface area contributed by atoms with E-state index in [-0.39, 0.29) is 12.4 Å². The van der Waals surface area contributed by atoms with Gasteiger partial charge in [-0.15, -0.1) is 12.4 Å². The van der Waals surface area contributed by atoms with Crippen molar-refractivity contribution in [1.82, 2.24) is 4.57 Å². The first kappa shape index (κ1) is 15.9. The minimum absolute atomic E-state index is 0. The largest absolute Gasteiger partial charge is 0.314 e. The van der Waals surface area contributed by atoms with Crippen LogP contribution < -0.4 is 0 Å². The number of benzene rings is 2. The second-order valence-electron chi connectivity index (χ2n) is 6.46. The molecule has 0 fully saturated rings. The molecule has 0 saturated heterocycles. The van der Waals surface area contributed by atoms with Crippen LogP contribution in [0.3, 0.4) is 0 Å². The van der Waals surface area contributed by atoms with Crippen LogP contribution in [0.25, 0.3) is 11.3 Å². The van der Waals surface area contributed by atoms with Crippen molar-refractivity contribution >= 4 is 29.9 Å². The van der Waals surface area contributed by atoms with Gasteiger partial charge in [-0.1, -0.05) is 48.5 Å². The summed E-state index contributed by atoms with van der Waals surface area (Å²) in [4.78, 5) is 4.88. The van der Waals surface area contributed by atoms with E-state index in [2.05, 4.69) is 77.7 Å². The van der Waals surface area contributed by atoms with Crippen molar-refractivity contribution in [3.63, 3.8) is 0 Å². The van der Waals surface area contributed by atoms with Gasteiger partial charge < -0.3 is 4.57 Å². The fourth-order valence-electron chi connectivity index (χ4n) is 3.81. The van der Waals surface area contributed by atoms with Gasteiger partial charge in [0.15, 0.2) is 0 Å². The summed E-state index contributed by atoms with van der Waals surface area (Å²) in [6.07, 6.45) is 9.69. The van der Waals surface area contributed by atoms with E-state index in [1.54, 1.807) is 0 Å². The molecule has 0 saturated carbocycles. The van der Waals surface area contributed by atoms with E-state index < -0.39 is 0 Å². The van der Waals surface area contributed by atoms with Crippen molar-refractivity contribution in [1.29, 1.82) is 0 Å². The molecular weight excluding hydrogens is 328 g/mol. The van der Waals surface area contributed by atoms with Crippen LogP contribution in [0, 0.1) is 0 Å². The Morgan fingerprint density at radius 2 is 1.84 bits per heavy atom. The van der Waals surface area contributed by atoms with Crippen molar-refractivity contribution in [3.05, 3.63) is 89.3 Å². The number of hydrogen-bond donors (Lipinski definition) is 0. The number of aliphatic imine (C=N–C) groups is 1. The molecule has 1 aromatic heterocycles. The van der Waals surface area contributed by atoms with E-state index in [0.29, 0.717) is 0 Å². The fourth-order valence-corrected chi connectivity index (χ4v) is 3.81. The average molecular weight is 347 g/mol. The van der Waals surface area contributed by atoms with Gasteiger partial charge >= 0.3 is 0 Å². The van der Waals surface area contributed by atoms with Crippen molar-refractivity contribution in [2.45, 2.75) is 19.3 Å². The number of para-hydroxylation sites is 1. The SMILES string of the molecule is C1=Nc2c(Cc3ccccc3)cccc2-n2ccc3c2C1=CCC3.Cl. The van der Waals surface area contributed by atoms with Crippen LogP contribution in [-0.4, -0.2) is 10.8 Å². The highest BCUT2D eigenvalue weighted by molar-refractivity contribution is 6.12. The molecule has 2 aromatic carbocycles. The molecular formula is C22H19ClN2. The van der Waals surface area contributed by atoms with Crippen molar-refractivity contribution in [3.8, 4) is 5.69 Å². The van der Waals surface area contributed by atoms with E-state index >= 15 is 0 Å². The summed E-state index contributed by atoms with van der Waals surface area (Å²) < 4.78 is 2.32. The third kappa shape index (κ3) is 2.63. The highest BCUT2D eigenvalue weighted by Crippen LogP contribution is 2.37. The van der Waals surface area contributed by atoms with Crippen LogP contribution >= 0.6 is 12.4 Å². The number of halogens is 1. The number of nitrogens with zero attached hydrogens (tertiary/aromatic N) is 2. The lowest BCUT2D eigenvalue weighted by molar-refractivity contribution is 0.954. The normalized spacial score (nSPS) is 14.0. The van der Waals surface area contributed by atoms with Crippen molar-refractivity contribution in [2.24, 2.45) is 4.99 Å². The molecule has 0 bridgehead atoms. The van der Waals surface area contributed by atoms with Gasteiger partial charge in [0.05, 0.1) is 17.1 Å². The molecule has 0 radical (unpaired) electrons. The lowest BCUT2D eigenvalue weighted by Crippen LogP contribution is -2.04. The summed E-state index contributed by atoms with van der Waals surface area (Å²) in [7, 11) is 0. The molecule has 0 unspecified atom stereocenters. The molecule has 1 aliphatic carbocycles. The highest BCUT2D eigenvalue weighted by atomic mass is 35.5. The van der Waals surface area contributed by atoms with Crippen LogP contribution in [0.4, 0.5) is 5.69 Å². The Hall–Kier alpha value is -2.58. The summed E-state index contributed by atoms with van der Waals surface area (Å²) in [5.74, 6) is 0. The molecule has 25 heavy (non-hydrogen) atoms. The molecule has 5 rings (SSSR count). The number of aryl methyl sites for hydroxylation is 1. The van der Waals surface area contributed by atoms with E-state index in [0.717, 1.165) is 24.9 Å². The molecule has 0 N–H and O–H groups in total. The van der Waals surface area contributed by atoms with Crippen LogP contribution in [0.5, 0.6) is 0 Å². The zero-order valence-electron chi connectivity index (χ0n) is 13.9. The second kappa shape index (κ2) is 6.38. The topological polar surface area (TPSA) is 17.3 Å². The van der Waals surface area contributed by atoms with Gasteiger partial charge in [-0.25, -0.2) is 0 Å². The molecule has 3 aromatic rings. The van der Waals surface area contributed by atoms with Gasteiger partial charge in [0.25, 0.3) is 0 Å². The summed E-state index contributed by atoms with van der Waals surface area (Å²) in [5, 5.41) is 0. The molecule has 0 amide bonds. The monoisotopic (exact) mass is 346 g/mol. The Balaban J connectivity index is 0.00000157. The lowest BCUT2D eigenvalue weighted by atomic mass is 9.98. The van der Waals surface area contributed by atoms with Gasteiger partial charge in [-0.3, -0.25) is 4.99 Å². The van der Waals surface area contributed by atoms with Gasteiger partial charge in [0, 0.05) is 18.0 Å². The van der Waals surface area contributed by atoms with Crippen molar-refractivity contribution in [2.75, 3.05) is 0 Å². The molecule has 1 aliphatic heterocycles. The minimum atomic E-state index is 0. The Kier molecular flexibility index (Phi) is 4.06. The Morgan fingerprint density at radius 1 is 0.960 bits per heavy atom. The number of rotatable bonds is 2. The third-order valence-electron chi connectivity index (χ3n) is 4.95. The maximum absolute atomic E-state index is 4.88. The maximum atomic E-state index is 4.88. The molecule has 2 aliphatic rings. The molecule has 2 nitrogen and oxygen atoms in total. The zero-order chi connectivity index (χ0) is 15.9. The third-order valence-corrected chi connectivity index (χ3v) is 4.95. The number of aromatic nitrogens is 1. The standard InChI is InChI=1S/C22H18N2.ClH/c1-2-6-16(7-3-1)14-18-9-5-11-20-21(18)23-15-19-10-4-8-17-12-13-24(20)22(17)19;/h1-3,5-7,9-13,15H,4,8,14H2;1H. The molecule has 3 heteroatoms. The number of hydrogen-bond acceptors (Lipinski definition) is 1. The van der Waals surface area contributed by atoms with E-state index in [9.17, 15) is 0 Å². The summed E-state index contributed by atoms with van der Waals surface area (Å²) in [6, 6.07) is 19.4. The smallest absolute Gasteiger partial charge is 0.0905 e. The Bertz CT molecular complexity index is 981. The Morgan fingerprint density at radius 3 is 2.72 bits per heavy atom. The zero-order valence-corrected chi connectivity index (χ0v) is 14.7. The van der Waals surface area contributed by atoms with E-state index in [1.165, 1.54) is 33.6 Å². The van der Waals surface area contributed by atoms with Crippen LogP contribution in [0.2, 0.25) is 0 Å². The van der Waals surface area contributed by atoms with Gasteiger partial charge in [-0.2, -0.15) is 0 Å². The number of fused-ring (bicyclic) bond motifs is 2. The van der Waals surface area contributed by atoms with E-state index in [1.807, 2.05) is 0 Å². The summed E-state index contributed by atoms with van der Waals surface area (Å²) in [6.45, 7) is 0. The molecule has 0 atom stereocenters. The molecule has 2 heterocycles. The van der Waals surface area contributed by atoms with Gasteiger partial charge in [0.1, 0.15) is 0 Å². The highest BCUT2D eigenvalue weighted by Gasteiger charge is 2.21. The van der Waals surface area contributed by atoms with Crippen LogP contribution in [0.15, 0.2) is 71.9 Å². The quantitative estimate of drug-likeness (QED) is 0.580. The van der Waals surface area contributed by atoms with Crippen LogP contribution in [0.1, 0.15) is 28.8 Å². The van der Waals surface area contributed by atoms with Crippen molar-refractivity contribution < 1.29 is 0 Å². The van der Waals surface area contributed by atoms with E-state index in [4.69, 9.17) is 4.99 Å². The molecule has 0 spiro atoms. The van der Waals surface area contributed by atoms with Crippen LogP contribution in [-0.2, 0) is 12.8 Å². The lowest BCUT2D eigenvalue weighted by Gasteiger charge is -2.15. The summed E-state index contributed by atoms with van der Waals surface area (Å²) >= 11 is 0. The second-order valence-corrected chi connectivity index (χ2v) is 6.46. The first-order valence-corrected chi connectivity index (χ1v) is 8.51. The number of allylic oxidation sites excluding steroid dienone is 2. The molecule has 124 valence electrons. The average Bonchev–Trinajstić information content (AvgIpc) is 2.98. The van der Waals surface area contributed by atoms with Gasteiger partial charge in [-0.05, 0) is 48.1 Å². The Labute approximate surface area is 154 Å². The fraction of sp³-hybridized carbons (Fsp3) is 0.136. The first-order valence-electron chi connectivity index (χ1n) is 8.51. The predicted octanol–water partition coefficient (Wildman–Crippen LogP) is 5.54. The van der Waals surface area contributed by atoms with Gasteiger partial charge in [0.2, 0.25) is 0 Å².